The molecule has 0 aromatic rings. The fraction of sp³-hybridized carbons (Fsp3) is 1.00. The zero-order valence-corrected chi connectivity index (χ0v) is 7.54. The second-order valence-corrected chi connectivity index (χ2v) is 2.79. The molecule has 0 aliphatic carbocycles. The molecule has 0 spiro atoms. The Morgan fingerprint density at radius 3 is 3.08 bits per heavy atom. The minimum Gasteiger partial charge on any atom is -0.382 e. The van der Waals surface area contributed by atoms with Gasteiger partial charge in [0, 0.05) is 13.7 Å². The van der Waals surface area contributed by atoms with Gasteiger partial charge in [-0.3, -0.25) is 0 Å². The third-order valence-electron chi connectivity index (χ3n) is 1.75. The van der Waals surface area contributed by atoms with E-state index in [2.05, 4.69) is 5.32 Å². The average Bonchev–Trinajstić information content (AvgIpc) is 2.14. The van der Waals surface area contributed by atoms with E-state index in [1.54, 1.807) is 7.11 Å². The first-order valence-electron chi connectivity index (χ1n) is 4.31. The van der Waals surface area contributed by atoms with Crippen molar-refractivity contribution < 1.29 is 14.2 Å². The third-order valence-corrected chi connectivity index (χ3v) is 1.75. The topological polar surface area (TPSA) is 39.7 Å². The van der Waals surface area contributed by atoms with Crippen LogP contribution in [0, 0.1) is 0 Å². The van der Waals surface area contributed by atoms with Crippen molar-refractivity contribution in [3.63, 3.8) is 0 Å². The van der Waals surface area contributed by atoms with Crippen molar-refractivity contribution in [2.24, 2.45) is 0 Å². The van der Waals surface area contributed by atoms with Crippen LogP contribution < -0.4 is 5.32 Å². The quantitative estimate of drug-likeness (QED) is 0.579. The molecule has 1 heterocycles. The largest absolute Gasteiger partial charge is 0.382 e. The Bertz CT molecular complexity index is 104. The summed E-state index contributed by atoms with van der Waals surface area (Å²) < 4.78 is 15.5. The maximum Gasteiger partial charge on any atom is 0.0701 e. The molecule has 0 aromatic carbocycles. The van der Waals surface area contributed by atoms with Gasteiger partial charge in [0.2, 0.25) is 0 Å². The summed E-state index contributed by atoms with van der Waals surface area (Å²) in [7, 11) is 1.67. The Kier molecular flexibility index (Phi) is 5.27. The molecule has 1 unspecified atom stereocenters. The zero-order chi connectivity index (χ0) is 8.65. The van der Waals surface area contributed by atoms with Crippen molar-refractivity contribution in [3.05, 3.63) is 0 Å². The lowest BCUT2D eigenvalue weighted by Gasteiger charge is -2.23. The molecule has 0 amide bonds. The molecule has 0 saturated carbocycles. The van der Waals surface area contributed by atoms with Crippen LogP contribution in [0.15, 0.2) is 0 Å². The van der Waals surface area contributed by atoms with Gasteiger partial charge in [0.15, 0.2) is 0 Å². The number of ether oxygens (including phenoxy) is 3. The van der Waals surface area contributed by atoms with Crippen molar-refractivity contribution >= 4 is 0 Å². The van der Waals surface area contributed by atoms with E-state index in [-0.39, 0.29) is 0 Å². The van der Waals surface area contributed by atoms with Crippen molar-refractivity contribution in [2.45, 2.75) is 6.04 Å². The van der Waals surface area contributed by atoms with Gasteiger partial charge < -0.3 is 19.5 Å². The second-order valence-electron chi connectivity index (χ2n) is 2.79. The number of rotatable bonds is 5. The zero-order valence-electron chi connectivity index (χ0n) is 7.54. The number of morpholine rings is 1. The van der Waals surface area contributed by atoms with E-state index in [1.165, 1.54) is 0 Å². The van der Waals surface area contributed by atoms with E-state index in [1.807, 2.05) is 0 Å². The monoisotopic (exact) mass is 175 g/mol. The van der Waals surface area contributed by atoms with Crippen LogP contribution in [0.1, 0.15) is 0 Å². The standard InChI is InChI=1S/C8H17NO3/c1-10-4-5-12-7-8-6-11-3-2-9-8/h8-9H,2-7H2,1H3. The Hall–Kier alpha value is -0.160. The molecule has 1 N–H and O–H groups in total. The van der Waals surface area contributed by atoms with E-state index < -0.39 is 0 Å². The Balaban J connectivity index is 1.91. The van der Waals surface area contributed by atoms with Crippen molar-refractivity contribution in [3.8, 4) is 0 Å². The summed E-state index contributed by atoms with van der Waals surface area (Å²) in [5.74, 6) is 0. The molecule has 4 heteroatoms. The highest BCUT2D eigenvalue weighted by molar-refractivity contribution is 4.68. The lowest BCUT2D eigenvalue weighted by molar-refractivity contribution is 0.0141. The first-order valence-corrected chi connectivity index (χ1v) is 4.31. The van der Waals surface area contributed by atoms with Crippen molar-refractivity contribution in [1.29, 1.82) is 0 Å². The van der Waals surface area contributed by atoms with E-state index >= 15 is 0 Å². The van der Waals surface area contributed by atoms with Crippen LogP contribution in [0.3, 0.4) is 0 Å². The molecule has 0 radical (unpaired) electrons. The van der Waals surface area contributed by atoms with Crippen LogP contribution in [0.2, 0.25) is 0 Å². The van der Waals surface area contributed by atoms with Crippen LogP contribution in [0.5, 0.6) is 0 Å². The second kappa shape index (κ2) is 6.37. The summed E-state index contributed by atoms with van der Waals surface area (Å²) in [5.41, 5.74) is 0. The maximum atomic E-state index is 5.35. The summed E-state index contributed by atoms with van der Waals surface area (Å²) in [6, 6.07) is 0.357. The molecule has 1 aliphatic rings. The van der Waals surface area contributed by atoms with E-state index in [4.69, 9.17) is 14.2 Å². The van der Waals surface area contributed by atoms with E-state index in [0.29, 0.717) is 25.9 Å². The maximum absolute atomic E-state index is 5.35. The van der Waals surface area contributed by atoms with Crippen LogP contribution in [0.25, 0.3) is 0 Å². The normalized spacial score (nSPS) is 24.2. The minimum absolute atomic E-state index is 0.357. The molecule has 4 nitrogen and oxygen atoms in total. The summed E-state index contributed by atoms with van der Waals surface area (Å²) in [6.07, 6.45) is 0. The van der Waals surface area contributed by atoms with Gasteiger partial charge in [0.25, 0.3) is 0 Å². The summed E-state index contributed by atoms with van der Waals surface area (Å²) in [5, 5.41) is 3.31. The Morgan fingerprint density at radius 1 is 1.50 bits per heavy atom. The highest BCUT2D eigenvalue weighted by Gasteiger charge is 2.11. The van der Waals surface area contributed by atoms with Crippen molar-refractivity contribution in [2.75, 3.05) is 46.7 Å². The molecule has 1 aliphatic heterocycles. The van der Waals surface area contributed by atoms with Crippen molar-refractivity contribution in [1.82, 2.24) is 5.32 Å². The first kappa shape index (κ1) is 9.92. The number of nitrogens with one attached hydrogen (secondary N) is 1. The molecule has 0 bridgehead atoms. The van der Waals surface area contributed by atoms with Gasteiger partial charge in [0.1, 0.15) is 0 Å². The molecule has 12 heavy (non-hydrogen) atoms. The van der Waals surface area contributed by atoms with Gasteiger partial charge in [0.05, 0.1) is 39.1 Å². The molecule has 0 aromatic heterocycles. The Morgan fingerprint density at radius 2 is 2.42 bits per heavy atom. The smallest absolute Gasteiger partial charge is 0.0701 e. The van der Waals surface area contributed by atoms with Gasteiger partial charge in [-0.1, -0.05) is 0 Å². The fourth-order valence-corrected chi connectivity index (χ4v) is 1.09. The Labute approximate surface area is 73.2 Å². The van der Waals surface area contributed by atoms with E-state index in [0.717, 1.165) is 19.8 Å². The van der Waals surface area contributed by atoms with Crippen LogP contribution in [-0.4, -0.2) is 52.7 Å². The first-order chi connectivity index (χ1) is 5.93. The molecule has 1 atom stereocenters. The lowest BCUT2D eigenvalue weighted by Crippen LogP contribution is -2.44. The average molecular weight is 175 g/mol. The van der Waals surface area contributed by atoms with Crippen LogP contribution >= 0.6 is 0 Å². The van der Waals surface area contributed by atoms with Crippen LogP contribution in [-0.2, 0) is 14.2 Å². The number of methoxy groups -OCH3 is 1. The van der Waals surface area contributed by atoms with E-state index in [9.17, 15) is 0 Å². The fourth-order valence-electron chi connectivity index (χ4n) is 1.09. The van der Waals surface area contributed by atoms with Gasteiger partial charge in [-0.25, -0.2) is 0 Å². The van der Waals surface area contributed by atoms with Crippen LogP contribution in [0.4, 0.5) is 0 Å². The molecule has 72 valence electrons. The molecule has 1 rings (SSSR count). The van der Waals surface area contributed by atoms with Gasteiger partial charge in [-0.15, -0.1) is 0 Å². The lowest BCUT2D eigenvalue weighted by atomic mass is 10.3. The predicted octanol–water partition coefficient (Wildman–Crippen LogP) is -0.362. The molecular formula is C8H17NO3. The van der Waals surface area contributed by atoms with Gasteiger partial charge in [-0.05, 0) is 0 Å². The molecule has 1 saturated heterocycles. The predicted molar refractivity (Wildman–Crippen MR) is 45.3 cm³/mol. The summed E-state index contributed by atoms with van der Waals surface area (Å²) in [6.45, 7) is 4.53. The summed E-state index contributed by atoms with van der Waals surface area (Å²) in [4.78, 5) is 0. The molecular weight excluding hydrogens is 158 g/mol. The number of hydrogen-bond donors (Lipinski definition) is 1. The minimum atomic E-state index is 0.357. The molecule has 1 fully saturated rings. The third kappa shape index (κ3) is 4.01. The summed E-state index contributed by atoms with van der Waals surface area (Å²) >= 11 is 0. The highest BCUT2D eigenvalue weighted by atomic mass is 16.5. The van der Waals surface area contributed by atoms with Gasteiger partial charge >= 0.3 is 0 Å². The van der Waals surface area contributed by atoms with Gasteiger partial charge in [-0.2, -0.15) is 0 Å². The highest BCUT2D eigenvalue weighted by Crippen LogP contribution is 1.93. The SMILES string of the molecule is COCCOCC1COCCN1. The number of hydrogen-bond acceptors (Lipinski definition) is 4.